The minimum absolute atomic E-state index is 0.104. The molecule has 2 aromatic rings. The Morgan fingerprint density at radius 3 is 2.80 bits per heavy atom. The van der Waals surface area contributed by atoms with Crippen LogP contribution in [0.25, 0.3) is 10.6 Å². The van der Waals surface area contributed by atoms with Crippen LogP contribution in [-0.4, -0.2) is 22.2 Å². The molecule has 106 valence electrons. The average molecular weight is 292 g/mol. The van der Waals surface area contributed by atoms with Crippen molar-refractivity contribution in [1.82, 2.24) is 15.5 Å². The normalized spacial score (nSPS) is 12.3. The molecule has 1 atom stereocenters. The van der Waals surface area contributed by atoms with Crippen molar-refractivity contribution in [2.45, 2.75) is 26.3 Å². The molecular formula is C13H16N4O2S. The van der Waals surface area contributed by atoms with Crippen LogP contribution in [0.4, 0.5) is 5.69 Å². The maximum absolute atomic E-state index is 11.2. The van der Waals surface area contributed by atoms with Gasteiger partial charge >= 0.3 is 0 Å². The summed E-state index contributed by atoms with van der Waals surface area (Å²) in [7, 11) is 1.87. The molecule has 20 heavy (non-hydrogen) atoms. The summed E-state index contributed by atoms with van der Waals surface area (Å²) in [5.41, 5.74) is 1.27. The molecule has 1 N–H and O–H groups in total. The highest BCUT2D eigenvalue weighted by Gasteiger charge is 2.22. The molecule has 0 spiro atoms. The summed E-state index contributed by atoms with van der Waals surface area (Å²) in [6.45, 7) is 3.78. The highest BCUT2D eigenvalue weighted by molar-refractivity contribution is 7.14. The van der Waals surface area contributed by atoms with Crippen molar-refractivity contribution < 1.29 is 4.92 Å². The van der Waals surface area contributed by atoms with E-state index in [2.05, 4.69) is 22.4 Å². The van der Waals surface area contributed by atoms with Crippen LogP contribution in [0.3, 0.4) is 0 Å². The Morgan fingerprint density at radius 2 is 2.20 bits per heavy atom. The molecule has 2 rings (SSSR count). The Hall–Kier alpha value is -1.86. The first-order valence-electron chi connectivity index (χ1n) is 6.33. The lowest BCUT2D eigenvalue weighted by atomic mass is 10.1. The molecule has 1 aromatic carbocycles. The fourth-order valence-corrected chi connectivity index (χ4v) is 3.12. The molecular weight excluding hydrogens is 276 g/mol. The highest BCUT2D eigenvalue weighted by atomic mass is 32.1. The SMILES string of the molecule is CCC(NC)c1nnc(-c2cccc(C)c2[N+](=O)[O-])s1. The fourth-order valence-electron chi connectivity index (χ4n) is 2.06. The summed E-state index contributed by atoms with van der Waals surface area (Å²) >= 11 is 1.39. The second-order valence-corrected chi connectivity index (χ2v) is 5.43. The van der Waals surface area contributed by atoms with Gasteiger partial charge in [-0.3, -0.25) is 10.1 Å². The standard InChI is InChI=1S/C13H16N4O2S/c1-4-10(14-3)13-16-15-12(20-13)9-7-5-6-8(2)11(9)17(18)19/h5-7,10,14H,4H2,1-3H3. The van der Waals surface area contributed by atoms with Gasteiger partial charge in [-0.1, -0.05) is 30.4 Å². The van der Waals surface area contributed by atoms with Gasteiger partial charge < -0.3 is 5.32 Å². The van der Waals surface area contributed by atoms with E-state index in [1.54, 1.807) is 25.1 Å². The van der Waals surface area contributed by atoms with Crippen LogP contribution in [0.15, 0.2) is 18.2 Å². The van der Waals surface area contributed by atoms with E-state index >= 15 is 0 Å². The number of aryl methyl sites for hydroxylation is 1. The van der Waals surface area contributed by atoms with Gasteiger partial charge in [0.25, 0.3) is 5.69 Å². The quantitative estimate of drug-likeness (QED) is 0.676. The number of benzene rings is 1. The summed E-state index contributed by atoms with van der Waals surface area (Å²) in [5, 5.41) is 24.1. The number of rotatable bonds is 5. The summed E-state index contributed by atoms with van der Waals surface area (Å²) in [5.74, 6) is 0. The molecule has 0 fully saturated rings. The summed E-state index contributed by atoms with van der Waals surface area (Å²) in [6.07, 6.45) is 0.890. The topological polar surface area (TPSA) is 81.0 Å². The fraction of sp³-hybridized carbons (Fsp3) is 0.385. The lowest BCUT2D eigenvalue weighted by Gasteiger charge is -2.08. The van der Waals surface area contributed by atoms with Crippen LogP contribution >= 0.6 is 11.3 Å². The van der Waals surface area contributed by atoms with E-state index in [0.717, 1.165) is 11.4 Å². The summed E-state index contributed by atoms with van der Waals surface area (Å²) < 4.78 is 0. The molecule has 1 unspecified atom stereocenters. The van der Waals surface area contributed by atoms with Crippen molar-refractivity contribution in [2.75, 3.05) is 7.05 Å². The maximum Gasteiger partial charge on any atom is 0.282 e. The van der Waals surface area contributed by atoms with Crippen LogP contribution in [0.1, 0.15) is 30.0 Å². The van der Waals surface area contributed by atoms with Crippen LogP contribution in [0.5, 0.6) is 0 Å². The van der Waals surface area contributed by atoms with Crippen molar-refractivity contribution >= 4 is 17.0 Å². The van der Waals surface area contributed by atoms with Crippen LogP contribution in [-0.2, 0) is 0 Å². The molecule has 0 aliphatic rings. The number of para-hydroxylation sites is 1. The molecule has 0 saturated carbocycles. The Bertz CT molecular complexity index is 623. The van der Waals surface area contributed by atoms with Gasteiger partial charge in [0.15, 0.2) is 5.01 Å². The first kappa shape index (κ1) is 14.5. The second-order valence-electron chi connectivity index (χ2n) is 4.42. The summed E-state index contributed by atoms with van der Waals surface area (Å²) in [4.78, 5) is 10.9. The maximum atomic E-state index is 11.2. The van der Waals surface area contributed by atoms with E-state index in [1.807, 2.05) is 7.05 Å². The van der Waals surface area contributed by atoms with Gasteiger partial charge in [-0.25, -0.2) is 0 Å². The van der Waals surface area contributed by atoms with Crippen LogP contribution < -0.4 is 5.32 Å². The molecule has 0 amide bonds. The van der Waals surface area contributed by atoms with Crippen molar-refractivity contribution in [1.29, 1.82) is 0 Å². The molecule has 6 nitrogen and oxygen atoms in total. The zero-order chi connectivity index (χ0) is 14.7. The minimum atomic E-state index is -0.360. The lowest BCUT2D eigenvalue weighted by molar-refractivity contribution is -0.384. The number of nitrogens with zero attached hydrogens (tertiary/aromatic N) is 3. The van der Waals surface area contributed by atoms with Gasteiger partial charge in [0.2, 0.25) is 0 Å². The molecule has 1 heterocycles. The lowest BCUT2D eigenvalue weighted by Crippen LogP contribution is -2.14. The molecule has 0 saturated heterocycles. The van der Waals surface area contributed by atoms with Gasteiger partial charge in [-0.05, 0) is 26.5 Å². The van der Waals surface area contributed by atoms with E-state index < -0.39 is 0 Å². The van der Waals surface area contributed by atoms with Gasteiger partial charge in [-0.2, -0.15) is 0 Å². The molecule has 0 aliphatic carbocycles. The van der Waals surface area contributed by atoms with Crippen molar-refractivity contribution in [3.63, 3.8) is 0 Å². The Balaban J connectivity index is 2.48. The zero-order valence-electron chi connectivity index (χ0n) is 11.6. The van der Waals surface area contributed by atoms with Gasteiger partial charge in [0.1, 0.15) is 5.01 Å². The van der Waals surface area contributed by atoms with E-state index in [-0.39, 0.29) is 16.7 Å². The number of nitrogens with one attached hydrogen (secondary N) is 1. The Morgan fingerprint density at radius 1 is 1.45 bits per heavy atom. The monoisotopic (exact) mass is 292 g/mol. The number of hydrogen-bond acceptors (Lipinski definition) is 6. The third-order valence-electron chi connectivity index (χ3n) is 3.15. The predicted octanol–water partition coefficient (Wildman–Crippen LogP) is 3.09. The average Bonchev–Trinajstić information content (AvgIpc) is 2.89. The van der Waals surface area contributed by atoms with Gasteiger partial charge in [-0.15, -0.1) is 10.2 Å². The third-order valence-corrected chi connectivity index (χ3v) is 4.22. The Labute approximate surface area is 121 Å². The predicted molar refractivity (Wildman–Crippen MR) is 78.8 cm³/mol. The second kappa shape index (κ2) is 6.06. The number of aromatic nitrogens is 2. The van der Waals surface area contributed by atoms with Gasteiger partial charge in [0, 0.05) is 5.56 Å². The number of nitro groups is 1. The van der Waals surface area contributed by atoms with Crippen molar-refractivity contribution in [2.24, 2.45) is 0 Å². The van der Waals surface area contributed by atoms with Crippen molar-refractivity contribution in [3.05, 3.63) is 38.9 Å². The zero-order valence-corrected chi connectivity index (χ0v) is 12.4. The minimum Gasteiger partial charge on any atom is -0.311 e. The van der Waals surface area contributed by atoms with E-state index in [4.69, 9.17) is 0 Å². The number of nitro benzene ring substituents is 1. The smallest absolute Gasteiger partial charge is 0.282 e. The van der Waals surface area contributed by atoms with Crippen molar-refractivity contribution in [3.8, 4) is 10.6 Å². The highest BCUT2D eigenvalue weighted by Crippen LogP contribution is 2.35. The molecule has 0 bridgehead atoms. The van der Waals surface area contributed by atoms with E-state index in [1.165, 1.54) is 11.3 Å². The van der Waals surface area contributed by atoms with Crippen LogP contribution in [0.2, 0.25) is 0 Å². The number of hydrogen-bond donors (Lipinski definition) is 1. The molecule has 0 aliphatic heterocycles. The molecule has 1 aromatic heterocycles. The van der Waals surface area contributed by atoms with Crippen LogP contribution in [0, 0.1) is 17.0 Å². The van der Waals surface area contributed by atoms with Gasteiger partial charge in [0.05, 0.1) is 16.5 Å². The molecule has 7 heteroatoms. The Kier molecular flexibility index (Phi) is 4.41. The first-order valence-corrected chi connectivity index (χ1v) is 7.15. The first-order chi connectivity index (χ1) is 9.58. The largest absolute Gasteiger partial charge is 0.311 e. The van der Waals surface area contributed by atoms with E-state index in [9.17, 15) is 10.1 Å². The summed E-state index contributed by atoms with van der Waals surface area (Å²) in [6, 6.07) is 5.38. The van der Waals surface area contributed by atoms with E-state index in [0.29, 0.717) is 16.1 Å². The molecule has 0 radical (unpaired) electrons. The third kappa shape index (κ3) is 2.68.